The van der Waals surface area contributed by atoms with E-state index in [9.17, 15) is 9.90 Å². The predicted molar refractivity (Wildman–Crippen MR) is 77.3 cm³/mol. The van der Waals surface area contributed by atoms with Crippen molar-refractivity contribution < 1.29 is 9.90 Å². The molecule has 0 saturated heterocycles. The molecule has 0 radical (unpaired) electrons. The fourth-order valence-corrected chi connectivity index (χ4v) is 2.21. The lowest BCUT2D eigenvalue weighted by molar-refractivity contribution is 0.102. The number of carbonyl (C=O) groups is 1. The van der Waals surface area contributed by atoms with Gasteiger partial charge in [0.1, 0.15) is 5.75 Å². The van der Waals surface area contributed by atoms with Crippen molar-refractivity contribution in [2.45, 2.75) is 6.92 Å². The average molecular weight is 296 g/mol. The Morgan fingerprint density at radius 2 is 1.79 bits per heavy atom. The molecule has 0 aliphatic heterocycles. The van der Waals surface area contributed by atoms with Crippen LogP contribution in [0.25, 0.3) is 0 Å². The zero-order valence-electron chi connectivity index (χ0n) is 10.1. The van der Waals surface area contributed by atoms with E-state index in [1.165, 1.54) is 6.07 Å². The van der Waals surface area contributed by atoms with Gasteiger partial charge in [-0.2, -0.15) is 0 Å². The molecule has 98 valence electrons. The van der Waals surface area contributed by atoms with Crippen molar-refractivity contribution in [1.29, 1.82) is 0 Å². The summed E-state index contributed by atoms with van der Waals surface area (Å²) in [6.07, 6.45) is 0. The molecule has 2 N–H and O–H groups in total. The minimum atomic E-state index is -0.388. The third-order valence-electron chi connectivity index (χ3n) is 2.64. The highest BCUT2D eigenvalue weighted by atomic mass is 35.5. The molecule has 3 nitrogen and oxygen atoms in total. The first-order chi connectivity index (χ1) is 8.99. The highest BCUT2D eigenvalue weighted by Gasteiger charge is 2.14. The molecular formula is C14H11Cl2NO2. The Labute approximate surface area is 120 Å². The summed E-state index contributed by atoms with van der Waals surface area (Å²) < 4.78 is 0. The molecule has 2 rings (SSSR count). The molecule has 19 heavy (non-hydrogen) atoms. The van der Waals surface area contributed by atoms with Gasteiger partial charge in [0.05, 0.1) is 15.6 Å². The zero-order chi connectivity index (χ0) is 14.0. The van der Waals surface area contributed by atoms with E-state index in [-0.39, 0.29) is 17.2 Å². The number of aryl methyl sites for hydroxylation is 1. The first-order valence-corrected chi connectivity index (χ1v) is 6.29. The van der Waals surface area contributed by atoms with Gasteiger partial charge in [-0.1, -0.05) is 29.3 Å². The van der Waals surface area contributed by atoms with Crippen molar-refractivity contribution in [1.82, 2.24) is 0 Å². The van der Waals surface area contributed by atoms with Crippen LogP contribution in [0.15, 0.2) is 36.4 Å². The van der Waals surface area contributed by atoms with Gasteiger partial charge in [-0.3, -0.25) is 4.79 Å². The standard InChI is InChI=1S/C14H11Cl2NO2/c1-8-7-9(5-6-12(8)18)17-14(19)13-10(15)3-2-4-11(13)16/h2-7,18H,1H3,(H,17,19). The number of phenols is 1. The molecule has 0 bridgehead atoms. The third-order valence-corrected chi connectivity index (χ3v) is 3.27. The van der Waals surface area contributed by atoms with Crippen LogP contribution in [0.5, 0.6) is 5.75 Å². The molecule has 0 saturated carbocycles. The Hall–Kier alpha value is -1.71. The number of aromatic hydroxyl groups is 1. The van der Waals surface area contributed by atoms with Crippen LogP contribution in [0, 0.1) is 6.92 Å². The molecule has 0 fully saturated rings. The van der Waals surface area contributed by atoms with Gasteiger partial charge in [0.25, 0.3) is 5.91 Å². The monoisotopic (exact) mass is 295 g/mol. The zero-order valence-corrected chi connectivity index (χ0v) is 11.6. The van der Waals surface area contributed by atoms with Gasteiger partial charge in [0.15, 0.2) is 0 Å². The van der Waals surface area contributed by atoms with Gasteiger partial charge < -0.3 is 10.4 Å². The van der Waals surface area contributed by atoms with Crippen LogP contribution in [-0.2, 0) is 0 Å². The quantitative estimate of drug-likeness (QED) is 0.813. The Bertz CT molecular complexity index is 621. The van der Waals surface area contributed by atoms with Gasteiger partial charge in [0, 0.05) is 5.69 Å². The minimum absolute atomic E-state index is 0.175. The Morgan fingerprint density at radius 1 is 1.16 bits per heavy atom. The Kier molecular flexibility index (Phi) is 3.98. The lowest BCUT2D eigenvalue weighted by Gasteiger charge is -2.09. The molecule has 2 aromatic carbocycles. The van der Waals surface area contributed by atoms with E-state index < -0.39 is 0 Å². The summed E-state index contributed by atoms with van der Waals surface area (Å²) in [5.41, 5.74) is 1.47. The van der Waals surface area contributed by atoms with E-state index in [1.54, 1.807) is 37.3 Å². The van der Waals surface area contributed by atoms with Crippen LogP contribution in [0.4, 0.5) is 5.69 Å². The molecule has 0 aliphatic carbocycles. The van der Waals surface area contributed by atoms with Crippen LogP contribution >= 0.6 is 23.2 Å². The van der Waals surface area contributed by atoms with E-state index >= 15 is 0 Å². The number of hydrogen-bond donors (Lipinski definition) is 2. The Balaban J connectivity index is 2.28. The smallest absolute Gasteiger partial charge is 0.258 e. The molecule has 0 aliphatic rings. The van der Waals surface area contributed by atoms with Crippen LogP contribution < -0.4 is 5.32 Å². The SMILES string of the molecule is Cc1cc(NC(=O)c2c(Cl)cccc2Cl)ccc1O. The lowest BCUT2D eigenvalue weighted by Crippen LogP contribution is -2.13. The average Bonchev–Trinajstić information content (AvgIpc) is 2.33. The number of rotatable bonds is 2. The van der Waals surface area contributed by atoms with E-state index in [4.69, 9.17) is 23.2 Å². The van der Waals surface area contributed by atoms with Gasteiger partial charge >= 0.3 is 0 Å². The first-order valence-electron chi connectivity index (χ1n) is 5.54. The normalized spacial score (nSPS) is 10.3. The number of carbonyl (C=O) groups excluding carboxylic acids is 1. The molecule has 0 spiro atoms. The summed E-state index contributed by atoms with van der Waals surface area (Å²) in [4.78, 5) is 12.1. The van der Waals surface area contributed by atoms with E-state index in [0.717, 1.165) is 0 Å². The van der Waals surface area contributed by atoms with Crippen molar-refractivity contribution in [3.63, 3.8) is 0 Å². The summed E-state index contributed by atoms with van der Waals surface area (Å²) in [6.45, 7) is 1.74. The number of amides is 1. The van der Waals surface area contributed by atoms with Gasteiger partial charge in [-0.05, 0) is 42.8 Å². The third kappa shape index (κ3) is 3.00. The number of benzene rings is 2. The second-order valence-electron chi connectivity index (χ2n) is 4.05. The van der Waals surface area contributed by atoms with Crippen molar-refractivity contribution in [2.75, 3.05) is 5.32 Å². The first kappa shape index (κ1) is 13.7. The summed E-state index contributed by atoms with van der Waals surface area (Å²) in [5, 5.41) is 12.7. The van der Waals surface area contributed by atoms with Crippen molar-refractivity contribution in [3.05, 3.63) is 57.6 Å². The Morgan fingerprint density at radius 3 is 2.37 bits per heavy atom. The van der Waals surface area contributed by atoms with Crippen molar-refractivity contribution >= 4 is 34.8 Å². The van der Waals surface area contributed by atoms with Gasteiger partial charge in [0.2, 0.25) is 0 Å². The summed E-state index contributed by atoms with van der Waals surface area (Å²) in [6, 6.07) is 9.66. The largest absolute Gasteiger partial charge is 0.508 e. The molecule has 0 unspecified atom stereocenters. The highest BCUT2D eigenvalue weighted by molar-refractivity contribution is 6.40. The number of halogens is 2. The molecule has 5 heteroatoms. The number of phenolic OH excluding ortho intramolecular Hbond substituents is 1. The van der Waals surface area contributed by atoms with Crippen LogP contribution in [-0.4, -0.2) is 11.0 Å². The van der Waals surface area contributed by atoms with Gasteiger partial charge in [-0.15, -0.1) is 0 Å². The fourth-order valence-electron chi connectivity index (χ4n) is 1.64. The lowest BCUT2D eigenvalue weighted by atomic mass is 10.1. The molecule has 0 heterocycles. The molecular weight excluding hydrogens is 285 g/mol. The van der Waals surface area contributed by atoms with Crippen LogP contribution in [0.3, 0.4) is 0 Å². The predicted octanol–water partition coefficient (Wildman–Crippen LogP) is 4.26. The van der Waals surface area contributed by atoms with Crippen molar-refractivity contribution in [3.8, 4) is 5.75 Å². The summed E-state index contributed by atoms with van der Waals surface area (Å²) >= 11 is 11.9. The highest BCUT2D eigenvalue weighted by Crippen LogP contribution is 2.26. The molecule has 2 aromatic rings. The number of anilines is 1. The molecule has 0 atom stereocenters. The van der Waals surface area contributed by atoms with Crippen LogP contribution in [0.1, 0.15) is 15.9 Å². The van der Waals surface area contributed by atoms with E-state index in [1.807, 2.05) is 0 Å². The fraction of sp³-hybridized carbons (Fsp3) is 0.0714. The number of hydrogen-bond acceptors (Lipinski definition) is 2. The second-order valence-corrected chi connectivity index (χ2v) is 4.87. The molecule has 0 aromatic heterocycles. The maximum Gasteiger partial charge on any atom is 0.258 e. The minimum Gasteiger partial charge on any atom is -0.508 e. The van der Waals surface area contributed by atoms with E-state index in [2.05, 4.69) is 5.32 Å². The summed E-state index contributed by atoms with van der Waals surface area (Å²) in [5.74, 6) is -0.213. The maximum atomic E-state index is 12.1. The van der Waals surface area contributed by atoms with E-state index in [0.29, 0.717) is 21.3 Å². The number of nitrogens with one attached hydrogen (secondary N) is 1. The second kappa shape index (κ2) is 5.51. The maximum absolute atomic E-state index is 12.1. The van der Waals surface area contributed by atoms with Crippen molar-refractivity contribution in [2.24, 2.45) is 0 Å². The van der Waals surface area contributed by atoms with Gasteiger partial charge in [-0.25, -0.2) is 0 Å². The summed E-state index contributed by atoms with van der Waals surface area (Å²) in [7, 11) is 0. The topological polar surface area (TPSA) is 49.3 Å². The van der Waals surface area contributed by atoms with Crippen LogP contribution in [0.2, 0.25) is 10.0 Å². The molecule has 1 amide bonds.